The number of carbonyl (C=O) groups is 1. The number of carboxylic acid groups (broad SMARTS) is 1. The SMILES string of the molecule is Cc1cc(Br)cc(Br)c1/C=C/C(=O)O. The predicted octanol–water partition coefficient (Wildman–Crippen LogP) is 3.62. The summed E-state index contributed by atoms with van der Waals surface area (Å²) in [5.41, 5.74) is 1.90. The molecule has 1 N–H and O–H groups in total. The Labute approximate surface area is 98.9 Å². The van der Waals surface area contributed by atoms with Crippen LogP contribution in [0.2, 0.25) is 0 Å². The molecule has 0 radical (unpaired) electrons. The number of hydrogen-bond donors (Lipinski definition) is 1. The Morgan fingerprint density at radius 3 is 2.57 bits per heavy atom. The van der Waals surface area contributed by atoms with Gasteiger partial charge in [0, 0.05) is 15.0 Å². The van der Waals surface area contributed by atoms with Gasteiger partial charge < -0.3 is 5.11 Å². The van der Waals surface area contributed by atoms with Gasteiger partial charge in [-0.3, -0.25) is 0 Å². The van der Waals surface area contributed by atoms with E-state index < -0.39 is 5.97 Å². The number of hydrogen-bond acceptors (Lipinski definition) is 1. The highest BCUT2D eigenvalue weighted by atomic mass is 79.9. The topological polar surface area (TPSA) is 37.3 Å². The summed E-state index contributed by atoms with van der Waals surface area (Å²) in [5, 5.41) is 8.50. The van der Waals surface area contributed by atoms with Crippen molar-refractivity contribution in [2.24, 2.45) is 0 Å². The molecule has 0 atom stereocenters. The molecule has 0 saturated carbocycles. The van der Waals surface area contributed by atoms with Gasteiger partial charge in [-0.15, -0.1) is 0 Å². The minimum Gasteiger partial charge on any atom is -0.478 e. The van der Waals surface area contributed by atoms with Crippen LogP contribution in [0.3, 0.4) is 0 Å². The highest BCUT2D eigenvalue weighted by molar-refractivity contribution is 9.11. The summed E-state index contributed by atoms with van der Waals surface area (Å²) in [6.45, 7) is 1.93. The first-order valence-corrected chi connectivity index (χ1v) is 5.46. The van der Waals surface area contributed by atoms with E-state index in [0.717, 1.165) is 26.1 Å². The van der Waals surface area contributed by atoms with E-state index in [1.54, 1.807) is 6.08 Å². The first-order valence-electron chi connectivity index (χ1n) is 3.87. The summed E-state index contributed by atoms with van der Waals surface area (Å²) in [6.07, 6.45) is 2.70. The molecule has 0 heterocycles. The molecule has 1 aromatic rings. The Bertz CT molecular complexity index is 374. The van der Waals surface area contributed by atoms with Crippen LogP contribution in [0.15, 0.2) is 27.2 Å². The smallest absolute Gasteiger partial charge is 0.328 e. The van der Waals surface area contributed by atoms with E-state index in [4.69, 9.17) is 5.11 Å². The quantitative estimate of drug-likeness (QED) is 0.845. The highest BCUT2D eigenvalue weighted by Gasteiger charge is 2.02. The van der Waals surface area contributed by atoms with E-state index in [-0.39, 0.29) is 0 Å². The molecule has 2 nitrogen and oxygen atoms in total. The normalized spacial score (nSPS) is 10.8. The summed E-state index contributed by atoms with van der Waals surface area (Å²) >= 11 is 6.73. The second-order valence-electron chi connectivity index (χ2n) is 2.79. The second-order valence-corrected chi connectivity index (χ2v) is 4.56. The molecule has 0 aromatic heterocycles. The fraction of sp³-hybridized carbons (Fsp3) is 0.100. The molecule has 0 aliphatic rings. The summed E-state index contributed by atoms with van der Waals surface area (Å²) < 4.78 is 1.84. The van der Waals surface area contributed by atoms with Crippen LogP contribution in [0.25, 0.3) is 6.08 Å². The van der Waals surface area contributed by atoms with Crippen molar-refractivity contribution in [2.75, 3.05) is 0 Å². The number of aliphatic carboxylic acids is 1. The molecule has 1 aromatic carbocycles. The van der Waals surface area contributed by atoms with Crippen molar-refractivity contribution < 1.29 is 9.90 Å². The van der Waals surface area contributed by atoms with Crippen molar-refractivity contribution in [1.82, 2.24) is 0 Å². The van der Waals surface area contributed by atoms with Crippen molar-refractivity contribution in [1.29, 1.82) is 0 Å². The van der Waals surface area contributed by atoms with Crippen LogP contribution in [0.4, 0.5) is 0 Å². The van der Waals surface area contributed by atoms with Gasteiger partial charge in [-0.05, 0) is 36.3 Å². The third-order valence-corrected chi connectivity index (χ3v) is 2.81. The second kappa shape index (κ2) is 4.75. The first-order chi connectivity index (χ1) is 6.50. The molecule has 74 valence electrons. The number of rotatable bonds is 2. The maximum atomic E-state index is 10.4. The van der Waals surface area contributed by atoms with Crippen molar-refractivity contribution in [3.63, 3.8) is 0 Å². The van der Waals surface area contributed by atoms with Gasteiger partial charge in [-0.2, -0.15) is 0 Å². The molecule has 0 aliphatic heterocycles. The standard InChI is InChI=1S/C10H8Br2O2/c1-6-4-7(11)5-9(12)8(6)2-3-10(13)14/h2-5H,1H3,(H,13,14)/b3-2+. The number of carboxylic acids is 1. The Hall–Kier alpha value is -0.610. The molecule has 1 rings (SSSR count). The molecule has 0 fully saturated rings. The van der Waals surface area contributed by atoms with Gasteiger partial charge in [-0.1, -0.05) is 31.9 Å². The minimum absolute atomic E-state index is 0.877. The molecular weight excluding hydrogens is 312 g/mol. The predicted molar refractivity (Wildman–Crippen MR) is 63.2 cm³/mol. The fourth-order valence-electron chi connectivity index (χ4n) is 1.08. The Kier molecular flexibility index (Phi) is 3.89. The van der Waals surface area contributed by atoms with Gasteiger partial charge >= 0.3 is 5.97 Å². The Balaban J connectivity index is 3.15. The summed E-state index contributed by atoms with van der Waals surface area (Å²) in [4.78, 5) is 10.4. The zero-order valence-electron chi connectivity index (χ0n) is 7.42. The fourth-order valence-corrected chi connectivity index (χ4v) is 2.65. The molecule has 0 unspecified atom stereocenters. The van der Waals surface area contributed by atoms with Crippen LogP contribution < -0.4 is 0 Å². The third kappa shape index (κ3) is 2.96. The maximum absolute atomic E-state index is 10.4. The van der Waals surface area contributed by atoms with E-state index in [0.29, 0.717) is 0 Å². The molecule has 0 amide bonds. The van der Waals surface area contributed by atoms with Crippen molar-refractivity contribution >= 4 is 43.9 Å². The summed E-state index contributed by atoms with van der Waals surface area (Å²) in [7, 11) is 0. The molecule has 0 saturated heterocycles. The average molecular weight is 320 g/mol. The van der Waals surface area contributed by atoms with Gasteiger partial charge in [0.25, 0.3) is 0 Å². The average Bonchev–Trinajstić information content (AvgIpc) is 2.01. The largest absolute Gasteiger partial charge is 0.478 e. The molecule has 4 heteroatoms. The molecular formula is C10H8Br2O2. The molecule has 14 heavy (non-hydrogen) atoms. The maximum Gasteiger partial charge on any atom is 0.328 e. The minimum atomic E-state index is -0.945. The van der Waals surface area contributed by atoms with E-state index in [1.807, 2.05) is 19.1 Å². The van der Waals surface area contributed by atoms with Crippen molar-refractivity contribution in [3.8, 4) is 0 Å². The zero-order valence-corrected chi connectivity index (χ0v) is 10.6. The lowest BCUT2D eigenvalue weighted by Crippen LogP contribution is -1.88. The van der Waals surface area contributed by atoms with Gasteiger partial charge in [-0.25, -0.2) is 4.79 Å². The molecule has 0 aliphatic carbocycles. The van der Waals surface area contributed by atoms with Crippen LogP contribution >= 0.6 is 31.9 Å². The van der Waals surface area contributed by atoms with Crippen LogP contribution in [0.1, 0.15) is 11.1 Å². The monoisotopic (exact) mass is 318 g/mol. The van der Waals surface area contributed by atoms with E-state index in [9.17, 15) is 4.79 Å². The van der Waals surface area contributed by atoms with Crippen LogP contribution in [0, 0.1) is 6.92 Å². The number of halogens is 2. The lowest BCUT2D eigenvalue weighted by Gasteiger charge is -2.04. The van der Waals surface area contributed by atoms with Gasteiger partial charge in [0.15, 0.2) is 0 Å². The Morgan fingerprint density at radius 2 is 2.07 bits per heavy atom. The van der Waals surface area contributed by atoms with Gasteiger partial charge in [0.05, 0.1) is 0 Å². The number of aryl methyl sites for hydroxylation is 1. The van der Waals surface area contributed by atoms with E-state index in [1.165, 1.54) is 0 Å². The van der Waals surface area contributed by atoms with E-state index >= 15 is 0 Å². The molecule has 0 bridgehead atoms. The lowest BCUT2D eigenvalue weighted by atomic mass is 10.1. The lowest BCUT2D eigenvalue weighted by molar-refractivity contribution is -0.131. The summed E-state index contributed by atoms with van der Waals surface area (Å²) in [5.74, 6) is -0.945. The highest BCUT2D eigenvalue weighted by Crippen LogP contribution is 2.26. The molecule has 0 spiro atoms. The van der Waals surface area contributed by atoms with Crippen LogP contribution in [-0.2, 0) is 4.79 Å². The van der Waals surface area contributed by atoms with Crippen LogP contribution in [-0.4, -0.2) is 11.1 Å². The summed E-state index contributed by atoms with van der Waals surface area (Å²) in [6, 6.07) is 3.82. The van der Waals surface area contributed by atoms with E-state index in [2.05, 4.69) is 31.9 Å². The van der Waals surface area contributed by atoms with Crippen molar-refractivity contribution in [2.45, 2.75) is 6.92 Å². The third-order valence-electron chi connectivity index (χ3n) is 1.69. The Morgan fingerprint density at radius 1 is 1.43 bits per heavy atom. The van der Waals surface area contributed by atoms with Gasteiger partial charge in [0.1, 0.15) is 0 Å². The number of benzene rings is 1. The first kappa shape index (κ1) is 11.5. The van der Waals surface area contributed by atoms with Crippen molar-refractivity contribution in [3.05, 3.63) is 38.3 Å². The van der Waals surface area contributed by atoms with Crippen LogP contribution in [0.5, 0.6) is 0 Å². The van der Waals surface area contributed by atoms with Gasteiger partial charge in [0.2, 0.25) is 0 Å². The zero-order chi connectivity index (χ0) is 10.7.